The van der Waals surface area contributed by atoms with E-state index in [4.69, 9.17) is 22.3 Å². The predicted octanol–water partition coefficient (Wildman–Crippen LogP) is -5.09. The Morgan fingerprint density at radius 2 is 1.37 bits per heavy atom. The third kappa shape index (κ3) is 9.53. The van der Waals surface area contributed by atoms with Crippen LogP contribution in [0.3, 0.4) is 0 Å². The second-order valence-corrected chi connectivity index (χ2v) is 6.68. The van der Waals surface area contributed by atoms with Crippen LogP contribution < -0.4 is 33.2 Å². The molecule has 11 N–H and O–H groups in total. The van der Waals surface area contributed by atoms with Crippen molar-refractivity contribution in [3.05, 3.63) is 0 Å². The number of carbonyl (C=O) groups excluding carboxylic acids is 5. The van der Waals surface area contributed by atoms with E-state index in [-0.39, 0.29) is 5.75 Å². The fourth-order valence-corrected chi connectivity index (χ4v) is 2.36. The Labute approximate surface area is 176 Å². The Kier molecular flexibility index (Phi) is 11.4. The largest absolute Gasteiger partial charge is 0.480 e. The van der Waals surface area contributed by atoms with E-state index in [0.29, 0.717) is 0 Å². The molecule has 5 amide bonds. The van der Waals surface area contributed by atoms with Crippen molar-refractivity contribution in [3.63, 3.8) is 0 Å². The molecule has 15 heteroatoms. The molecule has 0 saturated carbocycles. The highest BCUT2D eigenvalue weighted by Gasteiger charge is 2.32. The van der Waals surface area contributed by atoms with E-state index >= 15 is 0 Å². The number of carboxylic acid groups (broad SMARTS) is 1. The third-order valence-corrected chi connectivity index (χ3v) is 4.02. The monoisotopic (exact) mass is 450 g/mol. The number of amides is 5. The van der Waals surface area contributed by atoms with Crippen LogP contribution in [0.5, 0.6) is 0 Å². The van der Waals surface area contributed by atoms with Gasteiger partial charge in [0.25, 0.3) is 0 Å². The minimum absolute atomic E-state index is 0.290. The summed E-state index contributed by atoms with van der Waals surface area (Å²) in [6, 6.07) is -5.94. The van der Waals surface area contributed by atoms with Gasteiger partial charge in [0.05, 0.1) is 25.0 Å². The lowest BCUT2D eigenvalue weighted by molar-refractivity contribution is -0.143. The van der Waals surface area contributed by atoms with Crippen molar-refractivity contribution in [2.24, 2.45) is 17.2 Å². The maximum atomic E-state index is 12.4. The molecule has 0 rings (SSSR count). The van der Waals surface area contributed by atoms with Crippen molar-refractivity contribution >= 4 is 48.1 Å². The van der Waals surface area contributed by atoms with Crippen LogP contribution in [0.4, 0.5) is 0 Å². The molecule has 5 unspecified atom stereocenters. The summed E-state index contributed by atoms with van der Waals surface area (Å²) in [7, 11) is 0. The van der Waals surface area contributed by atoms with Crippen LogP contribution in [0.2, 0.25) is 0 Å². The molecule has 0 aromatic rings. The van der Waals surface area contributed by atoms with Gasteiger partial charge >= 0.3 is 5.97 Å². The van der Waals surface area contributed by atoms with Crippen LogP contribution in [0, 0.1) is 0 Å². The number of nitrogens with two attached hydrogens (primary N) is 3. The average molecular weight is 450 g/mol. The molecule has 0 aromatic carbocycles. The van der Waals surface area contributed by atoms with Gasteiger partial charge in [-0.25, -0.2) is 4.79 Å². The maximum absolute atomic E-state index is 12.4. The zero-order chi connectivity index (χ0) is 23.6. The summed E-state index contributed by atoms with van der Waals surface area (Å²) in [6.45, 7) is 1.17. The SMILES string of the molecule is CC(O)C(NC(=O)C(N)CC(N)=O)C(=O)NC(CS)C(=O)NC(CC(N)=O)C(=O)O. The van der Waals surface area contributed by atoms with Crippen molar-refractivity contribution in [1.82, 2.24) is 16.0 Å². The molecule has 0 fully saturated rings. The van der Waals surface area contributed by atoms with Gasteiger partial charge in [-0.05, 0) is 6.92 Å². The molecular weight excluding hydrogens is 424 g/mol. The summed E-state index contributed by atoms with van der Waals surface area (Å²) in [6.07, 6.45) is -2.61. The molecule has 170 valence electrons. The number of hydrogen-bond acceptors (Lipinski definition) is 9. The molecule has 0 heterocycles. The van der Waals surface area contributed by atoms with Gasteiger partial charge in [-0.15, -0.1) is 0 Å². The van der Waals surface area contributed by atoms with Crippen LogP contribution in [-0.2, 0) is 28.8 Å². The van der Waals surface area contributed by atoms with Crippen molar-refractivity contribution in [3.8, 4) is 0 Å². The van der Waals surface area contributed by atoms with Gasteiger partial charge in [-0.2, -0.15) is 12.6 Å². The molecule has 0 saturated heterocycles. The van der Waals surface area contributed by atoms with Gasteiger partial charge in [0.2, 0.25) is 29.5 Å². The molecule has 0 spiro atoms. The van der Waals surface area contributed by atoms with E-state index in [1.54, 1.807) is 0 Å². The highest BCUT2D eigenvalue weighted by Crippen LogP contribution is 2.00. The predicted molar refractivity (Wildman–Crippen MR) is 105 cm³/mol. The number of rotatable bonds is 13. The van der Waals surface area contributed by atoms with Crippen LogP contribution in [0.1, 0.15) is 19.8 Å². The normalized spacial score (nSPS) is 15.6. The number of aliphatic hydroxyl groups excluding tert-OH is 1. The highest BCUT2D eigenvalue weighted by atomic mass is 32.1. The first-order valence-electron chi connectivity index (χ1n) is 8.55. The lowest BCUT2D eigenvalue weighted by Gasteiger charge is -2.25. The number of carboxylic acids is 1. The molecule has 0 aromatic heterocycles. The van der Waals surface area contributed by atoms with Gasteiger partial charge in [0.15, 0.2) is 0 Å². The molecule has 30 heavy (non-hydrogen) atoms. The first kappa shape index (κ1) is 27.1. The Hall–Kier alpha value is -2.91. The van der Waals surface area contributed by atoms with Crippen LogP contribution in [0.25, 0.3) is 0 Å². The molecule has 0 radical (unpaired) electrons. The van der Waals surface area contributed by atoms with Crippen LogP contribution in [0.15, 0.2) is 0 Å². The molecule has 5 atom stereocenters. The number of aliphatic carboxylic acids is 1. The number of nitrogens with one attached hydrogen (secondary N) is 3. The quantitative estimate of drug-likeness (QED) is 0.121. The third-order valence-electron chi connectivity index (χ3n) is 3.66. The molecule has 14 nitrogen and oxygen atoms in total. The van der Waals surface area contributed by atoms with E-state index in [1.807, 2.05) is 5.32 Å². The van der Waals surface area contributed by atoms with E-state index in [0.717, 1.165) is 0 Å². The fraction of sp³-hybridized carbons (Fsp3) is 0.600. The second-order valence-electron chi connectivity index (χ2n) is 6.32. The van der Waals surface area contributed by atoms with Crippen molar-refractivity contribution in [2.45, 2.75) is 50.0 Å². The Morgan fingerprint density at radius 3 is 1.77 bits per heavy atom. The standard InChI is InChI=1S/C15H26N6O8S/c1-5(22)11(21-12(25)6(16)2-9(17)23)14(27)20-8(4-30)13(26)19-7(15(28)29)3-10(18)24/h5-8,11,22,30H,2-4,16H2,1H3,(H2,17,23)(H2,18,24)(H,19,26)(H,20,27)(H,21,25)(H,28,29). The first-order valence-corrected chi connectivity index (χ1v) is 9.18. The zero-order valence-corrected chi connectivity index (χ0v) is 16.9. The maximum Gasteiger partial charge on any atom is 0.326 e. The van der Waals surface area contributed by atoms with Gasteiger partial charge < -0.3 is 43.4 Å². The molecule has 0 aliphatic heterocycles. The summed E-state index contributed by atoms with van der Waals surface area (Å²) in [5.41, 5.74) is 15.3. The van der Waals surface area contributed by atoms with E-state index < -0.39 is 78.6 Å². The van der Waals surface area contributed by atoms with E-state index in [9.17, 15) is 33.9 Å². The Balaban J connectivity index is 5.19. The molecule has 0 aliphatic carbocycles. The summed E-state index contributed by atoms with van der Waals surface area (Å²) >= 11 is 3.90. The topological polar surface area (TPSA) is 257 Å². The van der Waals surface area contributed by atoms with E-state index in [1.165, 1.54) is 6.92 Å². The van der Waals surface area contributed by atoms with Crippen molar-refractivity contribution in [2.75, 3.05) is 5.75 Å². The summed E-state index contributed by atoms with van der Waals surface area (Å²) in [4.78, 5) is 69.5. The summed E-state index contributed by atoms with van der Waals surface area (Å²) in [5.74, 6) is -6.60. The van der Waals surface area contributed by atoms with Crippen LogP contribution >= 0.6 is 12.6 Å². The number of carbonyl (C=O) groups is 6. The molecule has 0 bridgehead atoms. The summed E-state index contributed by atoms with van der Waals surface area (Å²) in [5, 5.41) is 25.2. The van der Waals surface area contributed by atoms with Crippen molar-refractivity contribution in [1.29, 1.82) is 0 Å². The van der Waals surface area contributed by atoms with Crippen molar-refractivity contribution < 1.29 is 39.0 Å². The fourth-order valence-electron chi connectivity index (χ4n) is 2.10. The summed E-state index contributed by atoms with van der Waals surface area (Å²) < 4.78 is 0. The van der Waals surface area contributed by atoms with E-state index in [2.05, 4.69) is 23.3 Å². The Morgan fingerprint density at radius 1 is 0.867 bits per heavy atom. The lowest BCUT2D eigenvalue weighted by Crippen LogP contribution is -2.60. The highest BCUT2D eigenvalue weighted by molar-refractivity contribution is 7.80. The van der Waals surface area contributed by atoms with Gasteiger partial charge in [0, 0.05) is 5.75 Å². The van der Waals surface area contributed by atoms with Gasteiger partial charge in [-0.3, -0.25) is 24.0 Å². The zero-order valence-electron chi connectivity index (χ0n) is 16.0. The number of aliphatic hydroxyl groups is 1. The van der Waals surface area contributed by atoms with Crippen LogP contribution in [-0.4, -0.2) is 81.7 Å². The number of hydrogen-bond donors (Lipinski definition) is 9. The molecule has 0 aliphatic rings. The minimum atomic E-state index is -1.63. The molecular formula is C15H26N6O8S. The van der Waals surface area contributed by atoms with Gasteiger partial charge in [0.1, 0.15) is 18.1 Å². The average Bonchev–Trinajstić information content (AvgIpc) is 2.61. The smallest absolute Gasteiger partial charge is 0.326 e. The Bertz CT molecular complexity index is 688. The minimum Gasteiger partial charge on any atom is -0.480 e. The lowest BCUT2D eigenvalue weighted by atomic mass is 10.1. The first-order chi connectivity index (χ1) is 13.8. The number of thiol groups is 1. The van der Waals surface area contributed by atoms with Gasteiger partial charge in [-0.1, -0.05) is 0 Å². The second kappa shape index (κ2) is 12.6. The number of primary amides is 2.